The molecule has 4 aromatic rings. The van der Waals surface area contributed by atoms with Crippen molar-refractivity contribution >= 4 is 23.6 Å². The highest BCUT2D eigenvalue weighted by Gasteiger charge is 2.47. The summed E-state index contributed by atoms with van der Waals surface area (Å²) < 4.78 is 52.2. The van der Waals surface area contributed by atoms with Crippen LogP contribution in [-0.4, -0.2) is 52.4 Å². The molecule has 2 aliphatic rings. The molecule has 2 aliphatic heterocycles. The number of hydrogen-bond acceptors (Lipinski definition) is 6. The number of nitrogens with zero attached hydrogens (tertiary/aromatic N) is 1. The van der Waals surface area contributed by atoms with Crippen LogP contribution in [0.15, 0.2) is 108 Å². The number of rotatable bonds is 10. The zero-order valence-corrected chi connectivity index (χ0v) is 27.5. The van der Waals surface area contributed by atoms with Crippen LogP contribution in [0.2, 0.25) is 0 Å². The summed E-state index contributed by atoms with van der Waals surface area (Å²) in [5.41, 5.74) is 5.20. The van der Waals surface area contributed by atoms with E-state index in [0.29, 0.717) is 17.7 Å². The Hall–Kier alpha value is -4.16. The van der Waals surface area contributed by atoms with Gasteiger partial charge in [0.05, 0.1) is 18.8 Å². The first kappa shape index (κ1) is 34.7. The summed E-state index contributed by atoms with van der Waals surface area (Å²) >= 11 is 1.73. The van der Waals surface area contributed by atoms with Crippen LogP contribution < -0.4 is 5.32 Å². The van der Waals surface area contributed by atoms with Crippen molar-refractivity contribution in [2.45, 2.75) is 68.0 Å². The number of halogens is 3. The van der Waals surface area contributed by atoms with E-state index in [1.807, 2.05) is 91.0 Å². The number of likely N-dealkylation sites (tertiary alicyclic amines) is 1. The average Bonchev–Trinajstić information content (AvgIpc) is 3.63. The summed E-state index contributed by atoms with van der Waals surface area (Å²) in [5, 5.41) is 12.3. The monoisotopic (exact) mass is 690 g/mol. The Bertz CT molecular complexity index is 1720. The molecule has 2 fully saturated rings. The minimum atomic E-state index is -5.02. The van der Waals surface area contributed by atoms with Crippen LogP contribution >= 0.6 is 11.8 Å². The van der Waals surface area contributed by atoms with Crippen molar-refractivity contribution in [1.82, 2.24) is 10.2 Å². The van der Waals surface area contributed by atoms with Gasteiger partial charge in [-0.05, 0) is 52.8 Å². The van der Waals surface area contributed by atoms with Crippen molar-refractivity contribution in [2.24, 2.45) is 0 Å². The minimum Gasteiger partial charge on any atom is -0.392 e. The summed E-state index contributed by atoms with van der Waals surface area (Å²) in [5.74, 6) is -1.84. The fraction of sp³-hybridized carbons (Fsp3) is 0.316. The van der Waals surface area contributed by atoms with Gasteiger partial charge in [0.25, 0.3) is 0 Å². The van der Waals surface area contributed by atoms with E-state index in [1.54, 1.807) is 11.8 Å². The Morgan fingerprint density at radius 3 is 2.29 bits per heavy atom. The topological polar surface area (TPSA) is 88.1 Å². The number of aliphatic hydroxyl groups is 1. The highest BCUT2D eigenvalue weighted by atomic mass is 32.2. The zero-order valence-electron chi connectivity index (χ0n) is 26.6. The first-order valence-corrected chi connectivity index (χ1v) is 17.2. The first-order chi connectivity index (χ1) is 23.7. The minimum absolute atomic E-state index is 0.0299. The zero-order chi connectivity index (χ0) is 34.4. The number of aliphatic hydroxyl groups excluding tert-OH is 1. The van der Waals surface area contributed by atoms with Crippen molar-refractivity contribution in [2.75, 3.05) is 12.3 Å². The lowest BCUT2D eigenvalue weighted by Crippen LogP contribution is -2.50. The van der Waals surface area contributed by atoms with E-state index in [9.17, 15) is 27.9 Å². The summed E-state index contributed by atoms with van der Waals surface area (Å²) in [6.07, 6.45) is -4.74. The number of thioether (sulfide) groups is 1. The van der Waals surface area contributed by atoms with Gasteiger partial charge in [0.2, 0.25) is 5.91 Å². The molecule has 0 unspecified atom stereocenters. The second kappa shape index (κ2) is 15.6. The average molecular weight is 691 g/mol. The molecule has 2 amide bonds. The van der Waals surface area contributed by atoms with E-state index >= 15 is 0 Å². The number of benzene rings is 4. The van der Waals surface area contributed by atoms with Crippen LogP contribution in [0.25, 0.3) is 11.1 Å². The summed E-state index contributed by atoms with van der Waals surface area (Å²) in [6.45, 7) is -0.0391. The van der Waals surface area contributed by atoms with E-state index in [1.165, 1.54) is 0 Å². The molecular formula is C38H37F3N2O5S. The normalized spacial score (nSPS) is 21.0. The van der Waals surface area contributed by atoms with Crippen LogP contribution in [0.1, 0.15) is 53.9 Å². The van der Waals surface area contributed by atoms with Crippen molar-refractivity contribution < 1.29 is 37.3 Å². The van der Waals surface area contributed by atoms with E-state index in [4.69, 9.17) is 9.47 Å². The highest BCUT2D eigenvalue weighted by molar-refractivity contribution is 7.99. The van der Waals surface area contributed by atoms with Crippen molar-refractivity contribution in [3.63, 3.8) is 0 Å². The van der Waals surface area contributed by atoms with Crippen molar-refractivity contribution in [3.8, 4) is 11.1 Å². The molecule has 0 radical (unpaired) electrons. The third-order valence-corrected chi connectivity index (χ3v) is 9.96. The Kier molecular flexibility index (Phi) is 11.0. The molecule has 0 bridgehead atoms. The lowest BCUT2D eigenvalue weighted by atomic mass is 9.97. The van der Waals surface area contributed by atoms with Gasteiger partial charge in [-0.3, -0.25) is 9.59 Å². The predicted molar refractivity (Wildman–Crippen MR) is 180 cm³/mol. The van der Waals surface area contributed by atoms with Gasteiger partial charge >= 0.3 is 12.1 Å². The van der Waals surface area contributed by atoms with Gasteiger partial charge in [0, 0.05) is 35.7 Å². The van der Waals surface area contributed by atoms with Gasteiger partial charge in [0.1, 0.15) is 6.04 Å². The molecule has 6 rings (SSSR count). The lowest BCUT2D eigenvalue weighted by molar-refractivity contribution is -0.245. The van der Waals surface area contributed by atoms with E-state index in [0.717, 1.165) is 44.0 Å². The third kappa shape index (κ3) is 8.53. The Balaban J connectivity index is 1.16. The number of carbonyl (C=O) groups excluding carboxylic acids is 2. The molecular weight excluding hydrogens is 653 g/mol. The second-order valence-corrected chi connectivity index (χ2v) is 13.2. The van der Waals surface area contributed by atoms with Crippen LogP contribution in [-0.2, 0) is 32.2 Å². The highest BCUT2D eigenvalue weighted by Crippen LogP contribution is 2.40. The quantitative estimate of drug-likeness (QED) is 0.169. The Labute approximate surface area is 287 Å². The standard InChI is InChI=1S/C38H37F3N2O5S/c39-38(40,41)37(46)43-20-6-11-33(43)35(45)42-22-29-7-4-5-10-32(29)26-16-18-28(19-17-26)36-47-30(24-49-31-8-2-1-3-9-31)21-34(48-36)27-14-12-25(23-44)13-15-27/h1-5,7-10,12-19,30,33-34,36,44H,6,11,20-24H2,(H,42,45)/t30-,33-,34+,36+/m0/s1. The molecule has 0 aliphatic carbocycles. The van der Waals surface area contributed by atoms with E-state index < -0.39 is 30.3 Å². The van der Waals surface area contributed by atoms with Crippen LogP contribution in [0.4, 0.5) is 13.2 Å². The van der Waals surface area contributed by atoms with Crippen LogP contribution in [0.5, 0.6) is 0 Å². The molecule has 2 N–H and O–H groups in total. The van der Waals surface area contributed by atoms with Gasteiger partial charge in [0.15, 0.2) is 6.29 Å². The smallest absolute Gasteiger partial charge is 0.392 e. The molecule has 4 aromatic carbocycles. The Morgan fingerprint density at radius 1 is 0.878 bits per heavy atom. The fourth-order valence-electron chi connectivity index (χ4n) is 6.25. The van der Waals surface area contributed by atoms with Gasteiger partial charge in [-0.25, -0.2) is 0 Å². The van der Waals surface area contributed by atoms with E-state index in [-0.39, 0.29) is 38.3 Å². The molecule has 7 nitrogen and oxygen atoms in total. The van der Waals surface area contributed by atoms with Gasteiger partial charge in [-0.15, -0.1) is 11.8 Å². The molecule has 2 heterocycles. The maximum Gasteiger partial charge on any atom is 0.471 e. The van der Waals surface area contributed by atoms with Crippen LogP contribution in [0.3, 0.4) is 0 Å². The predicted octanol–water partition coefficient (Wildman–Crippen LogP) is 7.35. The summed E-state index contributed by atoms with van der Waals surface area (Å²) in [6, 6.07) is 32.1. The molecule has 0 spiro atoms. The maximum atomic E-state index is 13.1. The first-order valence-electron chi connectivity index (χ1n) is 16.2. The van der Waals surface area contributed by atoms with E-state index in [2.05, 4.69) is 17.4 Å². The van der Waals surface area contributed by atoms with Crippen molar-refractivity contribution in [1.29, 1.82) is 0 Å². The van der Waals surface area contributed by atoms with Crippen LogP contribution in [0, 0.1) is 0 Å². The number of carbonyl (C=O) groups is 2. The number of amides is 2. The molecule has 256 valence electrons. The second-order valence-electron chi connectivity index (χ2n) is 12.1. The number of nitrogens with one attached hydrogen (secondary N) is 1. The molecule has 4 atom stereocenters. The summed E-state index contributed by atoms with van der Waals surface area (Å²) in [4.78, 5) is 26.6. The number of alkyl halides is 3. The third-order valence-electron chi connectivity index (χ3n) is 8.82. The van der Waals surface area contributed by atoms with Crippen molar-refractivity contribution in [3.05, 3.63) is 125 Å². The molecule has 2 saturated heterocycles. The van der Waals surface area contributed by atoms with Gasteiger partial charge in [-0.1, -0.05) is 91.0 Å². The van der Waals surface area contributed by atoms with Gasteiger partial charge in [-0.2, -0.15) is 13.2 Å². The lowest BCUT2D eigenvalue weighted by Gasteiger charge is -2.36. The molecule has 11 heteroatoms. The maximum absolute atomic E-state index is 13.1. The molecule has 49 heavy (non-hydrogen) atoms. The number of hydrogen-bond donors (Lipinski definition) is 2. The van der Waals surface area contributed by atoms with Gasteiger partial charge < -0.3 is 24.8 Å². The largest absolute Gasteiger partial charge is 0.471 e. The summed E-state index contributed by atoms with van der Waals surface area (Å²) in [7, 11) is 0. The SMILES string of the molecule is O=C(NCc1ccccc1-c1ccc([C@@H]2O[C@H](CSc3ccccc3)C[C@H](c3ccc(CO)cc3)O2)cc1)[C@@H]1CCCN1C(=O)C(F)(F)F. The fourth-order valence-corrected chi connectivity index (χ4v) is 7.19. The molecule has 0 aromatic heterocycles. The number of ether oxygens (including phenoxy) is 2. The molecule has 0 saturated carbocycles. The Morgan fingerprint density at radius 2 is 1.57 bits per heavy atom.